The van der Waals surface area contributed by atoms with Crippen molar-refractivity contribution in [1.29, 1.82) is 0 Å². The lowest BCUT2D eigenvalue weighted by Gasteiger charge is -2.23. The number of unbranched alkanes of at least 4 members (excludes halogenated alkanes) is 4. The van der Waals surface area contributed by atoms with Crippen molar-refractivity contribution in [3.63, 3.8) is 0 Å². The van der Waals surface area contributed by atoms with Gasteiger partial charge in [0, 0.05) is 18.8 Å². The molecule has 0 aromatic heterocycles. The van der Waals surface area contributed by atoms with Crippen LogP contribution in [0.1, 0.15) is 51.4 Å². The highest BCUT2D eigenvalue weighted by atomic mass is 32.2. The Hall–Kier alpha value is -2.72. The Morgan fingerprint density at radius 3 is 2.31 bits per heavy atom. The van der Waals surface area contributed by atoms with E-state index in [0.717, 1.165) is 12.8 Å². The van der Waals surface area contributed by atoms with E-state index in [2.05, 4.69) is 11.3 Å². The fourth-order valence-corrected chi connectivity index (χ4v) is 4.65. The highest BCUT2D eigenvalue weighted by molar-refractivity contribution is 7.92. The molecule has 0 bridgehead atoms. The van der Waals surface area contributed by atoms with Crippen molar-refractivity contribution in [3.8, 4) is 0 Å². The number of hydrogen-bond acceptors (Lipinski definition) is 7. The number of benzene rings is 1. The van der Waals surface area contributed by atoms with Crippen molar-refractivity contribution >= 4 is 33.7 Å². The second-order valence-corrected chi connectivity index (χ2v) is 9.38. The molecule has 1 aliphatic rings. The van der Waals surface area contributed by atoms with Crippen molar-refractivity contribution in [2.45, 2.75) is 56.9 Å². The Kier molecular flexibility index (Phi) is 8.97. The first kappa shape index (κ1) is 25.5. The average Bonchev–Trinajstić information content (AvgIpc) is 3.45. The zero-order valence-corrected chi connectivity index (χ0v) is 19.1. The smallest absolute Gasteiger partial charge is 0.332 e. The molecular formula is C22H31N3O6S. The van der Waals surface area contributed by atoms with E-state index < -0.39 is 27.6 Å². The number of nitrogens with two attached hydrogens (primary N) is 1. The number of anilines is 1. The number of nitrogens with one attached hydrogen (secondary N) is 1. The summed E-state index contributed by atoms with van der Waals surface area (Å²) in [4.78, 5) is 36.4. The summed E-state index contributed by atoms with van der Waals surface area (Å²) in [7, 11) is -3.15. The normalized spacial score (nSPS) is 19.6. The lowest BCUT2D eigenvalue weighted by Crippen LogP contribution is -2.53. The number of ether oxygens (including phenoxy) is 1. The van der Waals surface area contributed by atoms with Gasteiger partial charge in [-0.25, -0.2) is 4.72 Å². The summed E-state index contributed by atoms with van der Waals surface area (Å²) in [5, 5.41) is 0. The van der Waals surface area contributed by atoms with Crippen LogP contribution >= 0.6 is 0 Å². The molecule has 3 N–H and O–H groups in total. The van der Waals surface area contributed by atoms with Gasteiger partial charge in [-0.2, -0.15) is 12.7 Å². The Morgan fingerprint density at radius 2 is 1.75 bits per heavy atom. The molecule has 32 heavy (non-hydrogen) atoms. The van der Waals surface area contributed by atoms with E-state index in [0.29, 0.717) is 36.4 Å². The quantitative estimate of drug-likeness (QED) is 0.259. The predicted molar refractivity (Wildman–Crippen MR) is 121 cm³/mol. The number of methoxy groups -OCH3 is 1. The fourth-order valence-electron chi connectivity index (χ4n) is 3.38. The van der Waals surface area contributed by atoms with Crippen molar-refractivity contribution in [2.24, 2.45) is 11.7 Å². The van der Waals surface area contributed by atoms with Crippen molar-refractivity contribution < 1.29 is 27.5 Å². The molecule has 1 aliphatic carbocycles. The molecule has 1 saturated carbocycles. The fraction of sp³-hybridized carbons (Fsp3) is 0.500. The van der Waals surface area contributed by atoms with Crippen LogP contribution in [0.2, 0.25) is 0 Å². The second kappa shape index (κ2) is 11.2. The standard InChI is InChI=1S/C22H31N3O6S/c1-3-17-16-22(17,23)21(28)24-32(29,30)25(18-12-8-7-9-13-18)19(26)14-10-5-4-6-11-15-20(27)31-2/h3,7-9,12-13,17H,1,4-6,10-11,14-16,23H2,2H3,(H,24,28)/t17-,22-/m1/s1. The first-order valence-electron chi connectivity index (χ1n) is 10.6. The summed E-state index contributed by atoms with van der Waals surface area (Å²) < 4.78 is 33.1. The van der Waals surface area contributed by atoms with Crippen LogP contribution in [0.15, 0.2) is 43.0 Å². The van der Waals surface area contributed by atoms with Crippen molar-refractivity contribution in [3.05, 3.63) is 43.0 Å². The SMILES string of the molecule is C=C[C@@H]1C[C@]1(N)C(=O)NS(=O)(=O)N(C(=O)CCCCCCCC(=O)OC)c1ccccc1. The van der Waals surface area contributed by atoms with Crippen LogP contribution < -0.4 is 14.8 Å². The highest BCUT2D eigenvalue weighted by Gasteiger charge is 2.56. The number of nitrogens with zero attached hydrogens (tertiary/aromatic N) is 1. The molecule has 0 aliphatic heterocycles. The maximum absolute atomic E-state index is 13.0. The summed E-state index contributed by atoms with van der Waals surface area (Å²) in [5.41, 5.74) is 4.76. The molecule has 2 atom stereocenters. The molecule has 10 heteroatoms. The van der Waals surface area contributed by atoms with E-state index in [1.807, 2.05) is 4.72 Å². The van der Waals surface area contributed by atoms with Gasteiger partial charge in [0.25, 0.3) is 5.91 Å². The third-order valence-corrected chi connectivity index (χ3v) is 6.78. The predicted octanol–water partition coefficient (Wildman–Crippen LogP) is 2.19. The molecule has 1 aromatic carbocycles. The Bertz CT molecular complexity index is 934. The lowest BCUT2D eigenvalue weighted by atomic mass is 10.1. The molecule has 176 valence electrons. The minimum atomic E-state index is -4.49. The number of esters is 1. The van der Waals surface area contributed by atoms with Crippen LogP contribution in [-0.2, 0) is 29.3 Å². The van der Waals surface area contributed by atoms with Gasteiger partial charge < -0.3 is 10.5 Å². The molecule has 1 aromatic rings. The van der Waals surface area contributed by atoms with Gasteiger partial charge in [-0.3, -0.25) is 14.4 Å². The Labute approximate surface area is 189 Å². The van der Waals surface area contributed by atoms with Gasteiger partial charge in [-0.1, -0.05) is 43.5 Å². The monoisotopic (exact) mass is 465 g/mol. The molecule has 0 unspecified atom stereocenters. The van der Waals surface area contributed by atoms with Gasteiger partial charge in [0.1, 0.15) is 5.54 Å². The van der Waals surface area contributed by atoms with Gasteiger partial charge in [-0.15, -0.1) is 6.58 Å². The molecule has 0 spiro atoms. The van der Waals surface area contributed by atoms with E-state index in [-0.39, 0.29) is 24.0 Å². The lowest BCUT2D eigenvalue weighted by molar-refractivity contribution is -0.140. The molecule has 0 radical (unpaired) electrons. The summed E-state index contributed by atoms with van der Waals surface area (Å²) >= 11 is 0. The van der Waals surface area contributed by atoms with Gasteiger partial charge in [0.05, 0.1) is 12.8 Å². The van der Waals surface area contributed by atoms with Gasteiger partial charge >= 0.3 is 16.2 Å². The van der Waals surface area contributed by atoms with Gasteiger partial charge in [-0.05, 0) is 31.4 Å². The number of hydrogen-bond donors (Lipinski definition) is 2. The first-order valence-corrected chi connectivity index (χ1v) is 12.0. The van der Waals surface area contributed by atoms with E-state index in [1.165, 1.54) is 25.3 Å². The molecule has 1 fully saturated rings. The van der Waals surface area contributed by atoms with Crippen molar-refractivity contribution in [1.82, 2.24) is 4.72 Å². The van der Waals surface area contributed by atoms with Crippen LogP contribution in [0, 0.1) is 5.92 Å². The van der Waals surface area contributed by atoms with E-state index in [1.54, 1.807) is 18.2 Å². The number of rotatable bonds is 13. The number of carbonyl (C=O) groups excluding carboxylic acids is 3. The summed E-state index contributed by atoms with van der Waals surface area (Å²) in [6.45, 7) is 3.58. The zero-order chi connectivity index (χ0) is 23.8. The maximum atomic E-state index is 13.0. The molecule has 2 amide bonds. The maximum Gasteiger partial charge on any atom is 0.332 e. The topological polar surface area (TPSA) is 136 Å². The minimum absolute atomic E-state index is 0.00987. The summed E-state index contributed by atoms with van der Waals surface area (Å²) in [6.07, 6.45) is 5.64. The zero-order valence-electron chi connectivity index (χ0n) is 18.3. The summed E-state index contributed by atoms with van der Waals surface area (Å²) in [6, 6.07) is 7.87. The Balaban J connectivity index is 1.98. The van der Waals surface area contributed by atoms with E-state index in [9.17, 15) is 22.8 Å². The Morgan fingerprint density at radius 1 is 1.16 bits per heavy atom. The largest absolute Gasteiger partial charge is 0.469 e. The van der Waals surface area contributed by atoms with E-state index in [4.69, 9.17) is 5.73 Å². The first-order chi connectivity index (χ1) is 15.2. The number of carbonyl (C=O) groups is 3. The van der Waals surface area contributed by atoms with Crippen LogP contribution in [0.4, 0.5) is 5.69 Å². The molecular weight excluding hydrogens is 434 g/mol. The van der Waals surface area contributed by atoms with Crippen LogP contribution in [0.3, 0.4) is 0 Å². The number of para-hydroxylation sites is 1. The van der Waals surface area contributed by atoms with Gasteiger partial charge in [0.2, 0.25) is 5.91 Å². The average molecular weight is 466 g/mol. The molecule has 0 heterocycles. The highest BCUT2D eigenvalue weighted by Crippen LogP contribution is 2.42. The minimum Gasteiger partial charge on any atom is -0.469 e. The molecule has 2 rings (SSSR count). The van der Waals surface area contributed by atoms with Crippen LogP contribution in [0.5, 0.6) is 0 Å². The third kappa shape index (κ3) is 6.64. The van der Waals surface area contributed by atoms with E-state index >= 15 is 0 Å². The summed E-state index contributed by atoms with van der Waals surface area (Å²) in [5.74, 6) is -2.07. The van der Waals surface area contributed by atoms with Crippen LogP contribution in [0.25, 0.3) is 0 Å². The molecule has 9 nitrogen and oxygen atoms in total. The van der Waals surface area contributed by atoms with Crippen LogP contribution in [-0.4, -0.2) is 38.9 Å². The third-order valence-electron chi connectivity index (χ3n) is 5.44. The second-order valence-electron chi connectivity index (χ2n) is 7.86. The molecule has 0 saturated heterocycles. The van der Waals surface area contributed by atoms with Crippen molar-refractivity contribution in [2.75, 3.05) is 11.4 Å². The van der Waals surface area contributed by atoms with Gasteiger partial charge in [0.15, 0.2) is 0 Å². The number of amides is 2.